The van der Waals surface area contributed by atoms with Gasteiger partial charge in [-0.25, -0.2) is 9.78 Å². The molecule has 1 aliphatic rings. The molecule has 1 aliphatic heterocycles. The Morgan fingerprint density at radius 3 is 2.70 bits per heavy atom. The molecule has 0 bridgehead atoms. The summed E-state index contributed by atoms with van der Waals surface area (Å²) in [5.41, 5.74) is 0.386. The number of carboxylic acid groups (broad SMARTS) is 1. The fourth-order valence-corrected chi connectivity index (χ4v) is 2.49. The summed E-state index contributed by atoms with van der Waals surface area (Å²) in [7, 11) is 2.05. The van der Waals surface area contributed by atoms with E-state index in [0.717, 1.165) is 19.5 Å². The van der Waals surface area contributed by atoms with Crippen molar-refractivity contribution in [2.45, 2.75) is 19.4 Å². The van der Waals surface area contributed by atoms with Crippen molar-refractivity contribution in [2.75, 3.05) is 26.7 Å². The molecule has 1 aromatic rings. The van der Waals surface area contributed by atoms with Crippen LogP contribution in [0.3, 0.4) is 0 Å². The molecule has 2 heterocycles. The predicted molar refractivity (Wildman–Crippen MR) is 73.8 cm³/mol. The zero-order valence-electron chi connectivity index (χ0n) is 11.7. The van der Waals surface area contributed by atoms with Crippen LogP contribution in [0, 0.1) is 0 Å². The van der Waals surface area contributed by atoms with Crippen molar-refractivity contribution in [1.82, 2.24) is 14.8 Å². The Labute approximate surface area is 118 Å². The third-order valence-electron chi connectivity index (χ3n) is 3.54. The third kappa shape index (κ3) is 3.14. The molecule has 1 atom stereocenters. The number of carbonyl (C=O) groups is 2. The van der Waals surface area contributed by atoms with E-state index in [9.17, 15) is 9.59 Å². The first-order valence-electron chi connectivity index (χ1n) is 6.68. The van der Waals surface area contributed by atoms with E-state index in [1.165, 1.54) is 18.3 Å². The second kappa shape index (κ2) is 6.00. The van der Waals surface area contributed by atoms with E-state index >= 15 is 0 Å². The van der Waals surface area contributed by atoms with E-state index in [-0.39, 0.29) is 17.6 Å². The van der Waals surface area contributed by atoms with Gasteiger partial charge in [0.15, 0.2) is 0 Å². The summed E-state index contributed by atoms with van der Waals surface area (Å²) in [4.78, 5) is 31.1. The number of carbonyl (C=O) groups excluding carboxylic acids is 1. The van der Waals surface area contributed by atoms with Crippen molar-refractivity contribution in [3.8, 4) is 0 Å². The van der Waals surface area contributed by atoms with Crippen molar-refractivity contribution in [2.24, 2.45) is 0 Å². The Morgan fingerprint density at radius 2 is 2.10 bits per heavy atom. The first-order valence-corrected chi connectivity index (χ1v) is 6.68. The number of nitrogens with zero attached hydrogens (tertiary/aromatic N) is 3. The first-order chi connectivity index (χ1) is 9.49. The van der Waals surface area contributed by atoms with Crippen LogP contribution < -0.4 is 0 Å². The fraction of sp³-hybridized carbons (Fsp3) is 0.500. The van der Waals surface area contributed by atoms with Crippen LogP contribution in [0.25, 0.3) is 0 Å². The Bertz CT molecular complexity index is 501. The number of aromatic carboxylic acids is 1. The lowest BCUT2D eigenvalue weighted by atomic mass is 10.2. The van der Waals surface area contributed by atoms with E-state index in [1.54, 1.807) is 0 Å². The summed E-state index contributed by atoms with van der Waals surface area (Å²) in [5, 5.41) is 8.81. The highest BCUT2D eigenvalue weighted by molar-refractivity contribution is 5.95. The van der Waals surface area contributed by atoms with Crippen LogP contribution >= 0.6 is 0 Å². The maximum atomic E-state index is 12.5. The molecular weight excluding hydrogens is 258 g/mol. The molecule has 1 fully saturated rings. The number of rotatable bonds is 2. The lowest BCUT2D eigenvalue weighted by Gasteiger charge is -2.28. The Balaban J connectivity index is 2.15. The molecular formula is C14H19N3O3. The van der Waals surface area contributed by atoms with E-state index in [2.05, 4.69) is 9.88 Å². The minimum atomic E-state index is -1.09. The lowest BCUT2D eigenvalue weighted by Crippen LogP contribution is -2.42. The van der Waals surface area contributed by atoms with E-state index in [0.29, 0.717) is 12.1 Å². The molecule has 1 N–H and O–H groups in total. The number of hydrogen-bond donors (Lipinski definition) is 1. The van der Waals surface area contributed by atoms with Crippen molar-refractivity contribution in [3.05, 3.63) is 29.6 Å². The van der Waals surface area contributed by atoms with E-state index < -0.39 is 5.97 Å². The van der Waals surface area contributed by atoms with Crippen LogP contribution in [-0.2, 0) is 0 Å². The molecule has 1 aromatic heterocycles. The maximum absolute atomic E-state index is 12.5. The SMILES string of the molecule is CC1CN(C)CCCN1C(=O)c1ccc(C(=O)O)nc1. The molecule has 108 valence electrons. The van der Waals surface area contributed by atoms with Gasteiger partial charge in [0.2, 0.25) is 0 Å². The molecule has 20 heavy (non-hydrogen) atoms. The zero-order valence-corrected chi connectivity index (χ0v) is 11.7. The second-order valence-electron chi connectivity index (χ2n) is 5.20. The normalized spacial score (nSPS) is 20.5. The first kappa shape index (κ1) is 14.5. The molecule has 1 unspecified atom stereocenters. The van der Waals surface area contributed by atoms with Gasteiger partial charge in [-0.3, -0.25) is 4.79 Å². The summed E-state index contributed by atoms with van der Waals surface area (Å²) in [6.45, 7) is 4.56. The molecule has 1 amide bonds. The highest BCUT2D eigenvalue weighted by Crippen LogP contribution is 2.13. The second-order valence-corrected chi connectivity index (χ2v) is 5.20. The van der Waals surface area contributed by atoms with E-state index in [4.69, 9.17) is 5.11 Å². The van der Waals surface area contributed by atoms with Gasteiger partial charge in [-0.15, -0.1) is 0 Å². The average Bonchev–Trinajstić information content (AvgIpc) is 2.58. The topological polar surface area (TPSA) is 73.7 Å². The standard InChI is InChI=1S/C14H19N3O3/c1-10-9-16(2)6-3-7-17(10)13(18)11-4-5-12(14(19)20)15-8-11/h4-5,8,10H,3,6-7,9H2,1-2H3,(H,19,20). The highest BCUT2D eigenvalue weighted by atomic mass is 16.4. The lowest BCUT2D eigenvalue weighted by molar-refractivity contribution is 0.0677. The van der Waals surface area contributed by atoms with E-state index in [1.807, 2.05) is 18.9 Å². The number of carboxylic acids is 1. The summed E-state index contributed by atoms with van der Waals surface area (Å²) in [5.74, 6) is -1.17. The molecule has 6 nitrogen and oxygen atoms in total. The van der Waals surface area contributed by atoms with Gasteiger partial charge in [0, 0.05) is 25.3 Å². The predicted octanol–water partition coefficient (Wildman–Crippen LogP) is 0.946. The van der Waals surface area contributed by atoms with Crippen molar-refractivity contribution in [3.63, 3.8) is 0 Å². The minimum Gasteiger partial charge on any atom is -0.477 e. The maximum Gasteiger partial charge on any atom is 0.354 e. The van der Waals surface area contributed by atoms with Crippen molar-refractivity contribution in [1.29, 1.82) is 0 Å². The van der Waals surface area contributed by atoms with Gasteiger partial charge in [0.05, 0.1) is 5.56 Å². The summed E-state index contributed by atoms with van der Waals surface area (Å²) in [6.07, 6.45) is 2.28. The largest absolute Gasteiger partial charge is 0.477 e. The smallest absolute Gasteiger partial charge is 0.354 e. The molecule has 0 saturated carbocycles. The van der Waals surface area contributed by atoms with Crippen LogP contribution in [0.4, 0.5) is 0 Å². The van der Waals surface area contributed by atoms with Gasteiger partial charge in [-0.05, 0) is 39.1 Å². The zero-order chi connectivity index (χ0) is 14.7. The number of aromatic nitrogens is 1. The third-order valence-corrected chi connectivity index (χ3v) is 3.54. The van der Waals surface area contributed by atoms with Gasteiger partial charge in [-0.1, -0.05) is 0 Å². The Hall–Kier alpha value is -1.95. The Morgan fingerprint density at radius 1 is 1.35 bits per heavy atom. The summed E-state index contributed by atoms with van der Waals surface area (Å²) < 4.78 is 0. The number of pyridine rings is 1. The molecule has 0 aliphatic carbocycles. The molecule has 6 heteroatoms. The fourth-order valence-electron chi connectivity index (χ4n) is 2.49. The van der Waals surface area contributed by atoms with Gasteiger partial charge >= 0.3 is 5.97 Å². The average molecular weight is 277 g/mol. The van der Waals surface area contributed by atoms with Crippen LogP contribution in [0.5, 0.6) is 0 Å². The Kier molecular flexibility index (Phi) is 4.34. The summed E-state index contributed by atoms with van der Waals surface area (Å²) >= 11 is 0. The van der Waals surface area contributed by atoms with Crippen molar-refractivity contribution < 1.29 is 14.7 Å². The molecule has 1 saturated heterocycles. The van der Waals surface area contributed by atoms with Crippen LogP contribution in [0.15, 0.2) is 18.3 Å². The molecule has 0 radical (unpaired) electrons. The highest BCUT2D eigenvalue weighted by Gasteiger charge is 2.25. The van der Waals surface area contributed by atoms with Gasteiger partial charge in [0.25, 0.3) is 5.91 Å². The monoisotopic (exact) mass is 277 g/mol. The molecule has 0 spiro atoms. The minimum absolute atomic E-state index is 0.0507. The molecule has 0 aromatic carbocycles. The van der Waals surface area contributed by atoms with Gasteiger partial charge in [0.1, 0.15) is 5.69 Å². The number of hydrogen-bond acceptors (Lipinski definition) is 4. The number of likely N-dealkylation sites (N-methyl/N-ethyl adjacent to an activating group) is 1. The van der Waals surface area contributed by atoms with Gasteiger partial charge < -0.3 is 14.9 Å². The van der Waals surface area contributed by atoms with Gasteiger partial charge in [-0.2, -0.15) is 0 Å². The molecule has 2 rings (SSSR count). The van der Waals surface area contributed by atoms with Crippen molar-refractivity contribution >= 4 is 11.9 Å². The van der Waals surface area contributed by atoms with Crippen LogP contribution in [-0.4, -0.2) is 64.5 Å². The van der Waals surface area contributed by atoms with Crippen LogP contribution in [0.2, 0.25) is 0 Å². The van der Waals surface area contributed by atoms with Crippen LogP contribution in [0.1, 0.15) is 34.2 Å². The summed E-state index contributed by atoms with van der Waals surface area (Å²) in [6, 6.07) is 3.03. The number of amides is 1. The quantitative estimate of drug-likeness (QED) is 0.871.